The van der Waals surface area contributed by atoms with E-state index in [0.29, 0.717) is 13.2 Å². The summed E-state index contributed by atoms with van der Waals surface area (Å²) in [5, 5.41) is 2.39. The van der Waals surface area contributed by atoms with E-state index in [1.165, 1.54) is 44.1 Å². The van der Waals surface area contributed by atoms with Crippen molar-refractivity contribution in [1.29, 1.82) is 0 Å². The molecule has 2 aromatic heterocycles. The minimum Gasteiger partial charge on any atom is -0.489 e. The Balaban J connectivity index is 0.000000148. The monoisotopic (exact) mass is 474 g/mol. The predicted molar refractivity (Wildman–Crippen MR) is 148 cm³/mol. The Morgan fingerprint density at radius 2 is 0.944 bits per heavy atom. The predicted octanol–water partition coefficient (Wildman–Crippen LogP) is 8.11. The molecule has 6 aromatic rings. The van der Waals surface area contributed by atoms with Crippen LogP contribution in [0.3, 0.4) is 0 Å². The maximum absolute atomic E-state index is 5.84. The number of rotatable bonds is 6. The summed E-state index contributed by atoms with van der Waals surface area (Å²) in [6.45, 7) is 5.40. The molecule has 180 valence electrons. The quantitative estimate of drug-likeness (QED) is 0.256. The summed E-state index contributed by atoms with van der Waals surface area (Å²) < 4.78 is 11.7. The van der Waals surface area contributed by atoms with Gasteiger partial charge in [-0.1, -0.05) is 60.7 Å². The van der Waals surface area contributed by atoms with Crippen molar-refractivity contribution >= 4 is 21.8 Å². The lowest BCUT2D eigenvalue weighted by atomic mass is 10.1. The molecule has 0 spiro atoms. The second kappa shape index (κ2) is 10.9. The number of aromatic nitrogens is 2. The molecule has 0 amide bonds. The zero-order valence-electron chi connectivity index (χ0n) is 20.6. The molecule has 6 rings (SSSR count). The molecule has 4 heteroatoms. The second-order valence-corrected chi connectivity index (χ2v) is 8.91. The molecule has 2 heterocycles. The fourth-order valence-corrected chi connectivity index (χ4v) is 4.30. The van der Waals surface area contributed by atoms with Gasteiger partial charge in [0.1, 0.15) is 24.7 Å². The summed E-state index contributed by atoms with van der Waals surface area (Å²) >= 11 is 0. The lowest BCUT2D eigenvalue weighted by Gasteiger charge is -2.08. The van der Waals surface area contributed by atoms with Crippen LogP contribution in [0, 0.1) is 13.8 Å². The van der Waals surface area contributed by atoms with Crippen LogP contribution in [0.5, 0.6) is 11.5 Å². The normalized spacial score (nSPS) is 10.7. The number of hydrogen-bond donors (Lipinski definition) is 2. The molecule has 0 aliphatic rings. The van der Waals surface area contributed by atoms with Crippen molar-refractivity contribution in [3.8, 4) is 11.5 Å². The summed E-state index contributed by atoms with van der Waals surface area (Å²) in [7, 11) is 0. The number of hydrogen-bond acceptors (Lipinski definition) is 2. The number of ether oxygens (including phenoxy) is 2. The zero-order valence-corrected chi connectivity index (χ0v) is 20.6. The number of aromatic amines is 2. The van der Waals surface area contributed by atoms with Crippen LogP contribution in [-0.2, 0) is 13.2 Å². The second-order valence-electron chi connectivity index (χ2n) is 8.91. The van der Waals surface area contributed by atoms with Gasteiger partial charge in [0.05, 0.1) is 0 Å². The first-order valence-corrected chi connectivity index (χ1v) is 12.1. The van der Waals surface area contributed by atoms with E-state index in [2.05, 4.69) is 84.5 Å². The number of H-pyrrole nitrogens is 2. The van der Waals surface area contributed by atoms with Gasteiger partial charge >= 0.3 is 0 Å². The minimum absolute atomic E-state index is 0.607. The summed E-state index contributed by atoms with van der Waals surface area (Å²) in [6, 6.07) is 32.8. The smallest absolute Gasteiger partial charge is 0.120 e. The molecule has 4 nitrogen and oxygen atoms in total. The van der Waals surface area contributed by atoms with Crippen LogP contribution < -0.4 is 9.47 Å². The van der Waals surface area contributed by atoms with Crippen LogP contribution in [-0.4, -0.2) is 9.97 Å². The largest absolute Gasteiger partial charge is 0.489 e. The summed E-state index contributed by atoms with van der Waals surface area (Å²) in [4.78, 5) is 6.47. The molecule has 0 fully saturated rings. The third-order valence-corrected chi connectivity index (χ3v) is 6.16. The first-order valence-electron chi connectivity index (χ1n) is 12.1. The molecule has 0 unspecified atom stereocenters. The van der Waals surface area contributed by atoms with Crippen molar-refractivity contribution in [2.45, 2.75) is 27.1 Å². The Labute approximate surface area is 211 Å². The Morgan fingerprint density at radius 1 is 0.528 bits per heavy atom. The van der Waals surface area contributed by atoms with E-state index in [4.69, 9.17) is 9.47 Å². The molecule has 0 atom stereocenters. The first-order chi connectivity index (χ1) is 17.7. The van der Waals surface area contributed by atoms with Gasteiger partial charge in [-0.2, -0.15) is 0 Å². The third kappa shape index (κ3) is 5.61. The SMILES string of the molecule is Cc1cc(OCc2ccccc2)cc2cc[nH]c12.Cc1cc(OCc2ccccc2)cc2cc[nH]c12. The first kappa shape index (κ1) is 23.3. The lowest BCUT2D eigenvalue weighted by Crippen LogP contribution is -1.95. The van der Waals surface area contributed by atoms with Gasteiger partial charge in [0.2, 0.25) is 0 Å². The summed E-state index contributed by atoms with van der Waals surface area (Å²) in [6.07, 6.45) is 3.91. The molecule has 2 N–H and O–H groups in total. The van der Waals surface area contributed by atoms with Gasteiger partial charge in [-0.05, 0) is 72.5 Å². The number of fused-ring (bicyclic) bond motifs is 2. The van der Waals surface area contributed by atoms with Crippen molar-refractivity contribution < 1.29 is 9.47 Å². The zero-order chi connectivity index (χ0) is 24.7. The van der Waals surface area contributed by atoms with E-state index in [9.17, 15) is 0 Å². The third-order valence-electron chi connectivity index (χ3n) is 6.16. The topological polar surface area (TPSA) is 50.0 Å². The summed E-state index contributed by atoms with van der Waals surface area (Å²) in [5.74, 6) is 1.84. The van der Waals surface area contributed by atoms with Gasteiger partial charge in [-0.3, -0.25) is 0 Å². The maximum Gasteiger partial charge on any atom is 0.120 e. The van der Waals surface area contributed by atoms with Crippen LogP contribution in [0.15, 0.2) is 109 Å². The van der Waals surface area contributed by atoms with Gasteiger partial charge < -0.3 is 19.4 Å². The standard InChI is InChI=1S/2C16H15NO/c2*1-12-9-15(10-14-7-8-17-16(12)14)18-11-13-5-3-2-4-6-13/h2*2-10,17H,11H2,1H3. The molecule has 0 bridgehead atoms. The molecule has 0 saturated carbocycles. The average Bonchev–Trinajstić information content (AvgIpc) is 3.58. The van der Waals surface area contributed by atoms with Crippen LogP contribution in [0.1, 0.15) is 22.3 Å². The number of benzene rings is 4. The highest BCUT2D eigenvalue weighted by molar-refractivity contribution is 5.84. The fourth-order valence-electron chi connectivity index (χ4n) is 4.30. The highest BCUT2D eigenvalue weighted by atomic mass is 16.5. The Hall–Kier alpha value is -4.44. The molecule has 36 heavy (non-hydrogen) atoms. The fraction of sp³-hybridized carbons (Fsp3) is 0.125. The minimum atomic E-state index is 0.607. The van der Waals surface area contributed by atoms with Crippen LogP contribution in [0.4, 0.5) is 0 Å². The Kier molecular flexibility index (Phi) is 7.04. The van der Waals surface area contributed by atoms with Gasteiger partial charge in [-0.15, -0.1) is 0 Å². The molecule has 0 radical (unpaired) electrons. The average molecular weight is 475 g/mol. The number of nitrogens with one attached hydrogen (secondary N) is 2. The molecule has 0 aliphatic heterocycles. The lowest BCUT2D eigenvalue weighted by molar-refractivity contribution is 0.306. The summed E-state index contributed by atoms with van der Waals surface area (Å²) in [5.41, 5.74) is 7.15. The van der Waals surface area contributed by atoms with Crippen molar-refractivity contribution in [3.63, 3.8) is 0 Å². The van der Waals surface area contributed by atoms with Gasteiger partial charge in [0, 0.05) is 34.2 Å². The highest BCUT2D eigenvalue weighted by Crippen LogP contribution is 2.25. The number of aryl methyl sites for hydroxylation is 2. The molecule has 0 saturated heterocycles. The highest BCUT2D eigenvalue weighted by Gasteiger charge is 2.04. The van der Waals surface area contributed by atoms with E-state index in [1.807, 2.05) is 48.8 Å². The Morgan fingerprint density at radius 3 is 1.36 bits per heavy atom. The molecule has 4 aromatic carbocycles. The van der Waals surface area contributed by atoms with Gasteiger partial charge in [0.25, 0.3) is 0 Å². The van der Waals surface area contributed by atoms with E-state index in [0.717, 1.165) is 11.5 Å². The molecular weight excluding hydrogens is 444 g/mol. The molecular formula is C32H30N2O2. The van der Waals surface area contributed by atoms with E-state index in [-0.39, 0.29) is 0 Å². The molecule has 0 aliphatic carbocycles. The Bertz CT molecular complexity index is 1430. The van der Waals surface area contributed by atoms with Gasteiger partial charge in [0.15, 0.2) is 0 Å². The van der Waals surface area contributed by atoms with Crippen LogP contribution >= 0.6 is 0 Å². The van der Waals surface area contributed by atoms with Crippen molar-refractivity contribution in [2.75, 3.05) is 0 Å². The van der Waals surface area contributed by atoms with Crippen molar-refractivity contribution in [2.24, 2.45) is 0 Å². The van der Waals surface area contributed by atoms with E-state index >= 15 is 0 Å². The van der Waals surface area contributed by atoms with Crippen LogP contribution in [0.2, 0.25) is 0 Å². The van der Waals surface area contributed by atoms with Gasteiger partial charge in [-0.25, -0.2) is 0 Å². The maximum atomic E-state index is 5.84. The van der Waals surface area contributed by atoms with E-state index < -0.39 is 0 Å². The van der Waals surface area contributed by atoms with Crippen molar-refractivity contribution in [3.05, 3.63) is 132 Å². The van der Waals surface area contributed by atoms with E-state index in [1.54, 1.807) is 0 Å². The van der Waals surface area contributed by atoms with Crippen LogP contribution in [0.25, 0.3) is 21.8 Å². The van der Waals surface area contributed by atoms with Crippen molar-refractivity contribution in [1.82, 2.24) is 9.97 Å².